The van der Waals surface area contributed by atoms with Gasteiger partial charge in [0.2, 0.25) is 11.7 Å². The summed E-state index contributed by atoms with van der Waals surface area (Å²) in [6.07, 6.45) is 0. The molecule has 0 radical (unpaired) electrons. The van der Waals surface area contributed by atoms with Crippen molar-refractivity contribution in [1.29, 1.82) is 0 Å². The maximum Gasteiger partial charge on any atom is 0.251 e. The molecule has 1 fully saturated rings. The topological polar surface area (TPSA) is 80.3 Å². The normalized spacial score (nSPS) is 15.0. The minimum Gasteiger partial charge on any atom is -0.493 e. The molecule has 8 nitrogen and oxygen atoms in total. The van der Waals surface area contributed by atoms with Crippen molar-refractivity contribution in [2.24, 2.45) is 5.92 Å². The highest BCUT2D eigenvalue weighted by atomic mass is 19.1. The molecule has 0 aromatic heterocycles. The molecule has 1 N–H and O–H groups in total. The third kappa shape index (κ3) is 6.22. The quantitative estimate of drug-likeness (QED) is 0.586. The van der Waals surface area contributed by atoms with Crippen LogP contribution in [0.25, 0.3) is 0 Å². The molecule has 0 spiro atoms. The molecule has 9 heteroatoms. The van der Waals surface area contributed by atoms with Crippen LogP contribution in [0.15, 0.2) is 36.4 Å². The largest absolute Gasteiger partial charge is 0.493 e. The summed E-state index contributed by atoms with van der Waals surface area (Å²) in [6, 6.07) is 8.43. The zero-order valence-electron chi connectivity index (χ0n) is 21.0. The van der Waals surface area contributed by atoms with Crippen molar-refractivity contribution in [3.05, 3.63) is 53.3 Å². The molecule has 1 heterocycles. The Labute approximate surface area is 205 Å². The predicted octanol–water partition coefficient (Wildman–Crippen LogP) is 2.95. The van der Waals surface area contributed by atoms with Gasteiger partial charge in [-0.1, -0.05) is 19.9 Å². The van der Waals surface area contributed by atoms with E-state index in [9.17, 15) is 14.0 Å². The average molecular weight is 488 g/mol. The van der Waals surface area contributed by atoms with Gasteiger partial charge in [0.05, 0.1) is 21.3 Å². The molecule has 2 amide bonds. The zero-order valence-corrected chi connectivity index (χ0v) is 21.0. The Morgan fingerprint density at radius 1 is 0.914 bits per heavy atom. The Morgan fingerprint density at radius 3 is 2.09 bits per heavy atom. The fraction of sp³-hybridized carbons (Fsp3) is 0.462. The van der Waals surface area contributed by atoms with Crippen LogP contribution >= 0.6 is 0 Å². The molecule has 0 saturated carbocycles. The van der Waals surface area contributed by atoms with E-state index >= 15 is 0 Å². The minimum absolute atomic E-state index is 0.0963. The predicted molar refractivity (Wildman–Crippen MR) is 130 cm³/mol. The van der Waals surface area contributed by atoms with E-state index in [1.807, 2.05) is 26.0 Å². The Balaban J connectivity index is 1.62. The van der Waals surface area contributed by atoms with Gasteiger partial charge in [-0.2, -0.15) is 0 Å². The van der Waals surface area contributed by atoms with Gasteiger partial charge in [-0.25, -0.2) is 4.39 Å². The van der Waals surface area contributed by atoms with Gasteiger partial charge in [-0.3, -0.25) is 14.5 Å². The minimum atomic E-state index is -0.662. The van der Waals surface area contributed by atoms with Crippen LogP contribution in [0.5, 0.6) is 17.2 Å². The van der Waals surface area contributed by atoms with Gasteiger partial charge in [0.25, 0.3) is 5.91 Å². The first kappa shape index (κ1) is 26.3. The van der Waals surface area contributed by atoms with E-state index in [0.717, 1.165) is 5.56 Å². The molecule has 0 aliphatic carbocycles. The van der Waals surface area contributed by atoms with Crippen molar-refractivity contribution in [1.82, 2.24) is 15.1 Å². The van der Waals surface area contributed by atoms with Crippen LogP contribution in [0.1, 0.15) is 29.8 Å². The molecular formula is C26H34FN3O5. The van der Waals surface area contributed by atoms with Gasteiger partial charge < -0.3 is 24.4 Å². The smallest absolute Gasteiger partial charge is 0.251 e. The summed E-state index contributed by atoms with van der Waals surface area (Å²) in [7, 11) is 4.76. The van der Waals surface area contributed by atoms with Gasteiger partial charge in [0, 0.05) is 43.9 Å². The van der Waals surface area contributed by atoms with E-state index in [1.165, 1.54) is 24.3 Å². The van der Waals surface area contributed by atoms with E-state index in [4.69, 9.17) is 14.2 Å². The first-order valence-electron chi connectivity index (χ1n) is 11.6. The fourth-order valence-corrected chi connectivity index (χ4v) is 4.19. The van der Waals surface area contributed by atoms with Crippen LogP contribution < -0.4 is 19.5 Å². The van der Waals surface area contributed by atoms with Crippen molar-refractivity contribution in [2.45, 2.75) is 26.4 Å². The average Bonchev–Trinajstić information content (AvgIpc) is 2.87. The number of nitrogens with one attached hydrogen (secondary N) is 1. The number of piperazine rings is 1. The summed E-state index contributed by atoms with van der Waals surface area (Å²) < 4.78 is 29.6. The van der Waals surface area contributed by atoms with Gasteiger partial charge >= 0.3 is 0 Å². The third-order valence-corrected chi connectivity index (χ3v) is 6.19. The van der Waals surface area contributed by atoms with Crippen molar-refractivity contribution >= 4 is 11.8 Å². The Kier molecular flexibility index (Phi) is 8.92. The summed E-state index contributed by atoms with van der Waals surface area (Å²) in [6.45, 7) is 6.88. The molecule has 1 aliphatic rings. The lowest BCUT2D eigenvalue weighted by atomic mass is 10.0. The maximum absolute atomic E-state index is 13.3. The summed E-state index contributed by atoms with van der Waals surface area (Å²) in [4.78, 5) is 29.9. The summed E-state index contributed by atoms with van der Waals surface area (Å²) in [5.41, 5.74) is 1.29. The highest BCUT2D eigenvalue weighted by molar-refractivity contribution is 5.97. The van der Waals surface area contributed by atoms with Gasteiger partial charge in [-0.05, 0) is 36.2 Å². The lowest BCUT2D eigenvalue weighted by molar-refractivity contribution is -0.136. The number of rotatable bonds is 9. The number of nitrogens with zero attached hydrogens (tertiary/aromatic N) is 2. The number of hydrogen-bond acceptors (Lipinski definition) is 6. The summed E-state index contributed by atoms with van der Waals surface area (Å²) in [5.74, 6) is 0.773. The Morgan fingerprint density at radius 2 is 1.54 bits per heavy atom. The second kappa shape index (κ2) is 11.9. The molecule has 2 aromatic rings. The van der Waals surface area contributed by atoms with Crippen molar-refractivity contribution in [3.63, 3.8) is 0 Å². The van der Waals surface area contributed by atoms with Crippen LogP contribution in [0.4, 0.5) is 4.39 Å². The zero-order chi connectivity index (χ0) is 25.5. The van der Waals surface area contributed by atoms with Crippen molar-refractivity contribution in [2.75, 3.05) is 47.5 Å². The van der Waals surface area contributed by atoms with Crippen LogP contribution in [0.2, 0.25) is 0 Å². The van der Waals surface area contributed by atoms with E-state index in [2.05, 4.69) is 10.2 Å². The standard InChI is InChI=1S/C26H34FN3O5/c1-17(2)22(28-25(31)18-6-9-20(27)10-7-18)26(32)30-14-12-29(13-15-30)16-19-8-11-21(33-3)24(35-5)23(19)34-4/h6-11,17,22H,12-16H2,1-5H3,(H,28,31)/t22-/m0/s1. The lowest BCUT2D eigenvalue weighted by Crippen LogP contribution is -2.56. The van der Waals surface area contributed by atoms with Gasteiger partial charge in [-0.15, -0.1) is 0 Å². The summed E-state index contributed by atoms with van der Waals surface area (Å²) >= 11 is 0. The van der Waals surface area contributed by atoms with Crippen molar-refractivity contribution < 1.29 is 28.2 Å². The number of methoxy groups -OCH3 is 3. The summed E-state index contributed by atoms with van der Waals surface area (Å²) in [5, 5.41) is 2.83. The number of benzene rings is 2. The molecule has 2 aromatic carbocycles. The van der Waals surface area contributed by atoms with Gasteiger partial charge in [0.1, 0.15) is 11.9 Å². The van der Waals surface area contributed by atoms with E-state index in [0.29, 0.717) is 55.5 Å². The third-order valence-electron chi connectivity index (χ3n) is 6.19. The molecule has 0 bridgehead atoms. The highest BCUT2D eigenvalue weighted by Gasteiger charge is 2.31. The Bertz CT molecular complexity index is 1020. The molecule has 1 aliphatic heterocycles. The number of hydrogen-bond donors (Lipinski definition) is 1. The SMILES string of the molecule is COc1ccc(CN2CCN(C(=O)[C@@H](NC(=O)c3ccc(F)cc3)C(C)C)CC2)c(OC)c1OC. The molecule has 35 heavy (non-hydrogen) atoms. The maximum atomic E-state index is 13.3. The monoisotopic (exact) mass is 487 g/mol. The van der Waals surface area contributed by atoms with Crippen LogP contribution in [0, 0.1) is 11.7 Å². The van der Waals surface area contributed by atoms with Gasteiger partial charge in [0.15, 0.2) is 11.5 Å². The number of amides is 2. The van der Waals surface area contributed by atoms with E-state index in [-0.39, 0.29) is 11.8 Å². The first-order chi connectivity index (χ1) is 16.8. The molecular weight excluding hydrogens is 453 g/mol. The van der Waals surface area contributed by atoms with Crippen LogP contribution in [0.3, 0.4) is 0 Å². The number of carbonyl (C=O) groups excluding carboxylic acids is 2. The molecule has 3 rings (SSSR count). The van der Waals surface area contributed by atoms with Crippen molar-refractivity contribution in [3.8, 4) is 17.2 Å². The number of ether oxygens (including phenoxy) is 3. The van der Waals surface area contributed by atoms with Crippen LogP contribution in [-0.2, 0) is 11.3 Å². The molecule has 1 saturated heterocycles. The second-order valence-corrected chi connectivity index (χ2v) is 8.80. The van der Waals surface area contributed by atoms with E-state index in [1.54, 1.807) is 26.2 Å². The van der Waals surface area contributed by atoms with E-state index < -0.39 is 17.8 Å². The molecule has 0 unspecified atom stereocenters. The first-order valence-corrected chi connectivity index (χ1v) is 11.6. The number of halogens is 1. The fourth-order valence-electron chi connectivity index (χ4n) is 4.19. The second-order valence-electron chi connectivity index (χ2n) is 8.80. The van der Waals surface area contributed by atoms with Crippen LogP contribution in [-0.4, -0.2) is 75.2 Å². The highest BCUT2D eigenvalue weighted by Crippen LogP contribution is 2.40. The molecule has 1 atom stereocenters. The lowest BCUT2D eigenvalue weighted by Gasteiger charge is -2.37. The molecule has 190 valence electrons. The Hall–Kier alpha value is -3.33. The number of carbonyl (C=O) groups is 2.